The number of carbonyl (C=O) groups excluding carboxylic acids is 3. The summed E-state index contributed by atoms with van der Waals surface area (Å²) in [5, 5.41) is 3.21. The van der Waals surface area contributed by atoms with E-state index in [2.05, 4.69) is 5.32 Å². The van der Waals surface area contributed by atoms with Crippen molar-refractivity contribution >= 4 is 64.2 Å². The number of hydrogen-bond donors (Lipinski definition) is 1. The monoisotopic (exact) mass is 476 g/mol. The lowest BCUT2D eigenvalue weighted by atomic mass is 10.2. The van der Waals surface area contributed by atoms with Crippen LogP contribution in [-0.4, -0.2) is 42.2 Å². The molecule has 1 saturated heterocycles. The third kappa shape index (κ3) is 6.13. The van der Waals surface area contributed by atoms with Crippen LogP contribution >= 0.6 is 35.0 Å². The number of ether oxygens (including phenoxy) is 1. The van der Waals surface area contributed by atoms with Gasteiger partial charge in [-0.25, -0.2) is 0 Å². The van der Waals surface area contributed by atoms with E-state index in [-0.39, 0.29) is 30.1 Å². The summed E-state index contributed by atoms with van der Waals surface area (Å²) in [5.41, 5.74) is 1.43. The molecule has 160 valence electrons. The molecule has 0 aliphatic carbocycles. The lowest BCUT2D eigenvalue weighted by Gasteiger charge is -2.12. The van der Waals surface area contributed by atoms with Crippen LogP contribution in [0.2, 0.25) is 10.0 Å². The largest absolute Gasteiger partial charge is 0.497 e. The van der Waals surface area contributed by atoms with Gasteiger partial charge in [-0.2, -0.15) is 0 Å². The molecule has 0 spiro atoms. The van der Waals surface area contributed by atoms with Crippen molar-refractivity contribution < 1.29 is 19.1 Å². The number of thioether (sulfide) groups is 1. The van der Waals surface area contributed by atoms with E-state index in [0.29, 0.717) is 26.3 Å². The van der Waals surface area contributed by atoms with Gasteiger partial charge in [-0.3, -0.25) is 19.3 Å². The molecule has 6 nitrogen and oxygen atoms in total. The summed E-state index contributed by atoms with van der Waals surface area (Å²) in [5.74, 6) is -0.0521. The molecule has 0 atom stereocenters. The molecule has 1 N–H and O–H groups in total. The zero-order chi connectivity index (χ0) is 22.4. The molecule has 2 aromatic rings. The minimum Gasteiger partial charge on any atom is -0.497 e. The normalized spacial score (nSPS) is 15.2. The number of benzene rings is 2. The Bertz CT molecular complexity index is 1070. The topological polar surface area (TPSA) is 75.7 Å². The molecule has 3 amide bonds. The van der Waals surface area contributed by atoms with Crippen molar-refractivity contribution in [2.24, 2.45) is 0 Å². The summed E-state index contributed by atoms with van der Waals surface area (Å²) < 4.78 is 5.10. The van der Waals surface area contributed by atoms with Gasteiger partial charge in [-0.15, -0.1) is 0 Å². The lowest BCUT2D eigenvalue weighted by molar-refractivity contribution is -0.123. The van der Waals surface area contributed by atoms with Crippen LogP contribution in [0.1, 0.15) is 11.1 Å². The van der Waals surface area contributed by atoms with Gasteiger partial charge in [-0.1, -0.05) is 41.4 Å². The smallest absolute Gasteiger partial charge is 0.293 e. The molecule has 0 unspecified atom stereocenters. The van der Waals surface area contributed by atoms with Gasteiger partial charge in [0, 0.05) is 29.2 Å². The number of carbonyl (C=O) groups is 3. The minimum absolute atomic E-state index is 0.0753. The molecule has 3 rings (SSSR count). The van der Waals surface area contributed by atoms with Gasteiger partial charge >= 0.3 is 0 Å². The number of nitrogens with one attached hydrogen (secondary N) is 1. The molecule has 1 heterocycles. The highest BCUT2D eigenvalue weighted by Gasteiger charge is 2.34. The van der Waals surface area contributed by atoms with Crippen molar-refractivity contribution in [3.05, 3.63) is 74.6 Å². The van der Waals surface area contributed by atoms with E-state index < -0.39 is 0 Å². The number of hydrogen-bond acceptors (Lipinski definition) is 5. The first-order chi connectivity index (χ1) is 14.9. The second-order valence-corrected chi connectivity index (χ2v) is 8.23. The van der Waals surface area contributed by atoms with Crippen molar-refractivity contribution in [1.82, 2.24) is 10.2 Å². The Balaban J connectivity index is 1.53. The first-order valence-corrected chi connectivity index (χ1v) is 10.7. The van der Waals surface area contributed by atoms with Crippen LogP contribution in [0.5, 0.6) is 5.75 Å². The number of amides is 3. The van der Waals surface area contributed by atoms with E-state index in [0.717, 1.165) is 22.2 Å². The van der Waals surface area contributed by atoms with Gasteiger partial charge < -0.3 is 10.1 Å². The Labute approximate surface area is 193 Å². The standard InChI is InChI=1S/C22H18Cl2N2O4S/c1-30-17-7-2-14(3-8-17)12-19-21(28)26(22(29)31-19)11-10-25-20(27)9-5-15-4-6-16(23)13-18(15)24/h2-9,12-13H,10-11H2,1H3,(H,25,27). The average molecular weight is 477 g/mol. The molecular formula is C22H18Cl2N2O4S. The van der Waals surface area contributed by atoms with E-state index in [1.165, 1.54) is 6.08 Å². The SMILES string of the molecule is COc1ccc(C=C2SC(=O)N(CCNC(=O)C=Cc3ccc(Cl)cc3Cl)C2=O)cc1. The maximum absolute atomic E-state index is 12.5. The highest BCUT2D eigenvalue weighted by molar-refractivity contribution is 8.18. The number of nitrogens with zero attached hydrogens (tertiary/aromatic N) is 1. The highest BCUT2D eigenvalue weighted by Crippen LogP contribution is 2.32. The van der Waals surface area contributed by atoms with E-state index in [4.69, 9.17) is 27.9 Å². The summed E-state index contributed by atoms with van der Waals surface area (Å²) in [6.45, 7) is 0.206. The average Bonchev–Trinajstić information content (AvgIpc) is 3.01. The fourth-order valence-electron chi connectivity index (χ4n) is 2.70. The van der Waals surface area contributed by atoms with Crippen LogP contribution < -0.4 is 10.1 Å². The third-order valence-corrected chi connectivity index (χ3v) is 5.77. The van der Waals surface area contributed by atoms with Crippen LogP contribution in [0.3, 0.4) is 0 Å². The Morgan fingerprint density at radius 3 is 2.58 bits per heavy atom. The Kier molecular flexibility index (Phi) is 7.79. The van der Waals surface area contributed by atoms with Crippen molar-refractivity contribution in [1.29, 1.82) is 0 Å². The molecule has 0 aromatic heterocycles. The third-order valence-electron chi connectivity index (χ3n) is 4.30. The number of rotatable bonds is 7. The molecule has 0 radical (unpaired) electrons. The van der Waals surface area contributed by atoms with Crippen LogP contribution in [0.25, 0.3) is 12.2 Å². The number of imide groups is 1. The quantitative estimate of drug-likeness (QED) is 0.576. The molecule has 1 aliphatic heterocycles. The molecule has 1 aliphatic rings. The molecule has 2 aromatic carbocycles. The Morgan fingerprint density at radius 2 is 1.90 bits per heavy atom. The first kappa shape index (κ1) is 22.9. The predicted octanol–water partition coefficient (Wildman–Crippen LogP) is 4.87. The summed E-state index contributed by atoms with van der Waals surface area (Å²) >= 11 is 12.8. The van der Waals surface area contributed by atoms with Crippen molar-refractivity contribution in [3.63, 3.8) is 0 Å². The van der Waals surface area contributed by atoms with Crippen LogP contribution in [-0.2, 0) is 9.59 Å². The fraction of sp³-hybridized carbons (Fsp3) is 0.136. The van der Waals surface area contributed by atoms with E-state index in [1.54, 1.807) is 61.7 Å². The van der Waals surface area contributed by atoms with Gasteiger partial charge in [0.1, 0.15) is 5.75 Å². The zero-order valence-electron chi connectivity index (χ0n) is 16.4. The number of halogens is 2. The Morgan fingerprint density at radius 1 is 1.16 bits per heavy atom. The molecular weight excluding hydrogens is 459 g/mol. The number of methoxy groups -OCH3 is 1. The lowest BCUT2D eigenvalue weighted by Crippen LogP contribution is -2.36. The van der Waals surface area contributed by atoms with Gasteiger partial charge in [0.15, 0.2) is 0 Å². The second kappa shape index (κ2) is 10.5. The minimum atomic E-state index is -0.386. The van der Waals surface area contributed by atoms with Crippen molar-refractivity contribution in [3.8, 4) is 5.75 Å². The van der Waals surface area contributed by atoms with Crippen molar-refractivity contribution in [2.45, 2.75) is 0 Å². The van der Waals surface area contributed by atoms with E-state index in [9.17, 15) is 14.4 Å². The van der Waals surface area contributed by atoms with E-state index in [1.807, 2.05) is 0 Å². The highest BCUT2D eigenvalue weighted by atomic mass is 35.5. The second-order valence-electron chi connectivity index (χ2n) is 6.40. The summed E-state index contributed by atoms with van der Waals surface area (Å²) in [6.07, 6.45) is 4.54. The Hall–Kier alpha value is -2.74. The summed E-state index contributed by atoms with van der Waals surface area (Å²) in [6, 6.07) is 12.1. The van der Waals surface area contributed by atoms with Gasteiger partial charge in [0.05, 0.1) is 12.0 Å². The van der Waals surface area contributed by atoms with Crippen LogP contribution in [0, 0.1) is 0 Å². The molecule has 31 heavy (non-hydrogen) atoms. The maximum atomic E-state index is 12.5. The molecule has 1 fully saturated rings. The van der Waals surface area contributed by atoms with Crippen LogP contribution in [0.15, 0.2) is 53.4 Å². The van der Waals surface area contributed by atoms with Crippen molar-refractivity contribution in [2.75, 3.05) is 20.2 Å². The van der Waals surface area contributed by atoms with Gasteiger partial charge in [0.25, 0.3) is 11.1 Å². The first-order valence-electron chi connectivity index (χ1n) is 9.18. The molecule has 9 heteroatoms. The summed E-state index contributed by atoms with van der Waals surface area (Å²) in [4.78, 5) is 38.2. The molecule has 0 saturated carbocycles. The molecule has 0 bridgehead atoms. The van der Waals surface area contributed by atoms with Gasteiger partial charge in [0.2, 0.25) is 5.91 Å². The summed E-state index contributed by atoms with van der Waals surface area (Å²) in [7, 11) is 1.57. The fourth-order valence-corrected chi connectivity index (χ4v) is 4.03. The van der Waals surface area contributed by atoms with E-state index >= 15 is 0 Å². The predicted molar refractivity (Wildman–Crippen MR) is 124 cm³/mol. The zero-order valence-corrected chi connectivity index (χ0v) is 18.8. The van der Waals surface area contributed by atoms with Crippen LogP contribution in [0.4, 0.5) is 4.79 Å². The maximum Gasteiger partial charge on any atom is 0.293 e. The van der Waals surface area contributed by atoms with Gasteiger partial charge in [-0.05, 0) is 59.3 Å².